The normalized spacial score (nSPS) is 10.8. The van der Waals surface area contributed by atoms with Gasteiger partial charge in [0, 0.05) is 6.61 Å². The van der Waals surface area contributed by atoms with E-state index in [1.807, 2.05) is 6.08 Å². The monoisotopic (exact) mass is 184 g/mol. The second kappa shape index (κ2) is 11.4. The van der Waals surface area contributed by atoms with E-state index in [2.05, 4.69) is 0 Å². The molecule has 0 aromatic rings. The van der Waals surface area contributed by atoms with E-state index in [0.29, 0.717) is 6.61 Å². The molecule has 0 spiro atoms. The maximum absolute atomic E-state index is 9.90. The summed E-state index contributed by atoms with van der Waals surface area (Å²) in [5, 5.41) is 8.52. The first-order chi connectivity index (χ1) is 6.41. The highest BCUT2D eigenvalue weighted by Gasteiger charge is 1.89. The van der Waals surface area contributed by atoms with E-state index in [-0.39, 0.29) is 0 Å². The van der Waals surface area contributed by atoms with Gasteiger partial charge in [-0.1, -0.05) is 31.8 Å². The van der Waals surface area contributed by atoms with Crippen molar-refractivity contribution in [2.45, 2.75) is 44.9 Å². The number of rotatable bonds is 9. The van der Waals surface area contributed by atoms with Crippen LogP contribution in [-0.2, 0) is 4.79 Å². The molecule has 0 aliphatic rings. The lowest BCUT2D eigenvalue weighted by Crippen LogP contribution is -1.83. The second-order valence-electron chi connectivity index (χ2n) is 3.20. The molecule has 0 atom stereocenters. The standard InChI is InChI=1S/C11H20O2/c12-10-8-6-4-2-1-3-5-7-9-11-13/h6,8,10,13H,1-5,7,9,11H2. The minimum Gasteiger partial charge on any atom is -0.396 e. The number of unbranched alkanes of at least 4 members (excludes halogenated alkanes) is 6. The molecule has 0 saturated heterocycles. The van der Waals surface area contributed by atoms with E-state index >= 15 is 0 Å². The Morgan fingerprint density at radius 2 is 1.54 bits per heavy atom. The van der Waals surface area contributed by atoms with Crippen LogP contribution in [0, 0.1) is 0 Å². The molecule has 2 nitrogen and oxygen atoms in total. The number of carbonyl (C=O) groups is 1. The van der Waals surface area contributed by atoms with Crippen molar-refractivity contribution >= 4 is 6.29 Å². The third kappa shape index (κ3) is 11.4. The molecule has 0 radical (unpaired) electrons. The molecule has 0 bridgehead atoms. The third-order valence-electron chi connectivity index (χ3n) is 1.99. The van der Waals surface area contributed by atoms with E-state index in [1.165, 1.54) is 25.7 Å². The highest BCUT2D eigenvalue weighted by atomic mass is 16.2. The van der Waals surface area contributed by atoms with Crippen LogP contribution in [-0.4, -0.2) is 18.0 Å². The molecule has 0 saturated carbocycles. The van der Waals surface area contributed by atoms with Crippen molar-refractivity contribution in [3.8, 4) is 0 Å². The minimum atomic E-state index is 0.322. The van der Waals surface area contributed by atoms with Crippen LogP contribution < -0.4 is 0 Å². The molecule has 1 N–H and O–H groups in total. The van der Waals surface area contributed by atoms with E-state index < -0.39 is 0 Å². The summed E-state index contributed by atoms with van der Waals surface area (Å²) in [5.74, 6) is 0. The zero-order valence-electron chi connectivity index (χ0n) is 8.24. The van der Waals surface area contributed by atoms with Gasteiger partial charge in [0.05, 0.1) is 0 Å². The SMILES string of the molecule is O=CC=CCCCCCCCCO. The van der Waals surface area contributed by atoms with Crippen LogP contribution >= 0.6 is 0 Å². The van der Waals surface area contributed by atoms with Crippen molar-refractivity contribution in [1.29, 1.82) is 0 Å². The quantitative estimate of drug-likeness (QED) is 0.339. The second-order valence-corrected chi connectivity index (χ2v) is 3.20. The maximum Gasteiger partial charge on any atom is 0.142 e. The van der Waals surface area contributed by atoms with Crippen LogP contribution in [0.3, 0.4) is 0 Å². The van der Waals surface area contributed by atoms with Gasteiger partial charge in [0.2, 0.25) is 0 Å². The highest BCUT2D eigenvalue weighted by Crippen LogP contribution is 2.06. The van der Waals surface area contributed by atoms with Crippen molar-refractivity contribution in [1.82, 2.24) is 0 Å². The zero-order valence-corrected chi connectivity index (χ0v) is 8.24. The van der Waals surface area contributed by atoms with Gasteiger partial charge < -0.3 is 5.11 Å². The Bertz CT molecular complexity index is 130. The van der Waals surface area contributed by atoms with Crippen LogP contribution in [0.15, 0.2) is 12.2 Å². The first kappa shape index (κ1) is 12.4. The average molecular weight is 184 g/mol. The Morgan fingerprint density at radius 1 is 0.923 bits per heavy atom. The highest BCUT2D eigenvalue weighted by molar-refractivity contribution is 5.64. The molecule has 2 heteroatoms. The Balaban J connectivity index is 2.91. The Morgan fingerprint density at radius 3 is 2.15 bits per heavy atom. The van der Waals surface area contributed by atoms with Gasteiger partial charge in [0.15, 0.2) is 0 Å². The van der Waals surface area contributed by atoms with Crippen molar-refractivity contribution in [2.75, 3.05) is 6.61 Å². The van der Waals surface area contributed by atoms with Gasteiger partial charge in [0.1, 0.15) is 6.29 Å². The molecule has 0 aliphatic carbocycles. The number of carbonyl (C=O) groups excluding carboxylic acids is 1. The van der Waals surface area contributed by atoms with Crippen LogP contribution in [0.4, 0.5) is 0 Å². The summed E-state index contributed by atoms with van der Waals surface area (Å²) in [7, 11) is 0. The molecule has 0 aliphatic heterocycles. The lowest BCUT2D eigenvalue weighted by Gasteiger charge is -1.98. The summed E-state index contributed by atoms with van der Waals surface area (Å²) < 4.78 is 0. The van der Waals surface area contributed by atoms with Crippen LogP contribution in [0.1, 0.15) is 44.9 Å². The van der Waals surface area contributed by atoms with Crippen molar-refractivity contribution in [3.05, 3.63) is 12.2 Å². The van der Waals surface area contributed by atoms with E-state index in [4.69, 9.17) is 5.11 Å². The van der Waals surface area contributed by atoms with Gasteiger partial charge in [0.25, 0.3) is 0 Å². The predicted molar refractivity (Wildman–Crippen MR) is 54.6 cm³/mol. The van der Waals surface area contributed by atoms with Gasteiger partial charge in [-0.15, -0.1) is 0 Å². The Hall–Kier alpha value is -0.630. The summed E-state index contributed by atoms with van der Waals surface area (Å²) in [5.41, 5.74) is 0. The van der Waals surface area contributed by atoms with Crippen molar-refractivity contribution < 1.29 is 9.90 Å². The summed E-state index contributed by atoms with van der Waals surface area (Å²) in [6.07, 6.45) is 12.3. The summed E-state index contributed by atoms with van der Waals surface area (Å²) in [6, 6.07) is 0. The molecule has 0 rings (SSSR count). The Labute approximate surface area is 80.7 Å². The molecule has 76 valence electrons. The largest absolute Gasteiger partial charge is 0.396 e. The number of allylic oxidation sites excluding steroid dienone is 2. The minimum absolute atomic E-state index is 0.322. The average Bonchev–Trinajstić information content (AvgIpc) is 2.16. The molecular formula is C11H20O2. The fourth-order valence-electron chi connectivity index (χ4n) is 1.23. The first-order valence-corrected chi connectivity index (χ1v) is 5.13. The van der Waals surface area contributed by atoms with E-state index in [0.717, 1.165) is 25.5 Å². The third-order valence-corrected chi connectivity index (χ3v) is 1.99. The maximum atomic E-state index is 9.90. The number of hydrogen-bond acceptors (Lipinski definition) is 2. The lowest BCUT2D eigenvalue weighted by atomic mass is 10.1. The molecule has 0 heterocycles. The van der Waals surface area contributed by atoms with Crippen molar-refractivity contribution in [2.24, 2.45) is 0 Å². The van der Waals surface area contributed by atoms with E-state index in [1.54, 1.807) is 6.08 Å². The Kier molecular flexibility index (Phi) is 10.8. The van der Waals surface area contributed by atoms with Crippen LogP contribution in [0.25, 0.3) is 0 Å². The van der Waals surface area contributed by atoms with Gasteiger partial charge >= 0.3 is 0 Å². The van der Waals surface area contributed by atoms with Gasteiger partial charge in [-0.25, -0.2) is 0 Å². The molecule has 0 amide bonds. The zero-order chi connectivity index (χ0) is 9.78. The van der Waals surface area contributed by atoms with Crippen LogP contribution in [0.2, 0.25) is 0 Å². The van der Waals surface area contributed by atoms with Gasteiger partial charge in [-0.2, -0.15) is 0 Å². The summed E-state index contributed by atoms with van der Waals surface area (Å²) >= 11 is 0. The summed E-state index contributed by atoms with van der Waals surface area (Å²) in [6.45, 7) is 0.322. The molecule has 13 heavy (non-hydrogen) atoms. The van der Waals surface area contributed by atoms with Gasteiger partial charge in [-0.3, -0.25) is 4.79 Å². The molecule has 0 unspecified atom stereocenters. The van der Waals surface area contributed by atoms with Gasteiger partial charge in [-0.05, 0) is 25.3 Å². The number of hydrogen-bond donors (Lipinski definition) is 1. The fourth-order valence-corrected chi connectivity index (χ4v) is 1.23. The molecule has 0 aromatic carbocycles. The molecule has 0 fully saturated rings. The first-order valence-electron chi connectivity index (χ1n) is 5.13. The lowest BCUT2D eigenvalue weighted by molar-refractivity contribution is -0.104. The van der Waals surface area contributed by atoms with Crippen molar-refractivity contribution in [3.63, 3.8) is 0 Å². The summed E-state index contributed by atoms with van der Waals surface area (Å²) in [4.78, 5) is 9.90. The number of aldehydes is 1. The smallest absolute Gasteiger partial charge is 0.142 e. The number of aliphatic hydroxyl groups is 1. The van der Waals surface area contributed by atoms with E-state index in [9.17, 15) is 4.79 Å². The van der Waals surface area contributed by atoms with Crippen LogP contribution in [0.5, 0.6) is 0 Å². The molecular weight excluding hydrogens is 164 g/mol. The fraction of sp³-hybridized carbons (Fsp3) is 0.727. The number of aliphatic hydroxyl groups excluding tert-OH is 1. The predicted octanol–water partition coefficient (Wildman–Crippen LogP) is 2.46. The molecule has 0 aromatic heterocycles. The topological polar surface area (TPSA) is 37.3 Å².